The lowest BCUT2D eigenvalue weighted by molar-refractivity contribution is 0.160. The second-order valence-electron chi connectivity index (χ2n) is 7.19. The molecule has 0 rings (SSSR count). The van der Waals surface area contributed by atoms with E-state index in [1.807, 2.05) is 0 Å². The summed E-state index contributed by atoms with van der Waals surface area (Å²) in [5, 5.41) is 9.42. The molecule has 0 aromatic heterocycles. The van der Waals surface area contributed by atoms with E-state index in [4.69, 9.17) is 0 Å². The van der Waals surface area contributed by atoms with Crippen molar-refractivity contribution >= 4 is 0 Å². The molecule has 130 valence electrons. The summed E-state index contributed by atoms with van der Waals surface area (Å²) >= 11 is 0. The third kappa shape index (κ3) is 11.1. The van der Waals surface area contributed by atoms with E-state index >= 15 is 0 Å². The van der Waals surface area contributed by atoms with Crippen LogP contribution in [0, 0.1) is 11.3 Å². The van der Waals surface area contributed by atoms with Gasteiger partial charge in [0, 0.05) is 0 Å². The molecule has 0 spiro atoms. The predicted molar refractivity (Wildman–Crippen MR) is 98.0 cm³/mol. The van der Waals surface area contributed by atoms with Gasteiger partial charge in [0.25, 0.3) is 0 Å². The predicted octanol–water partition coefficient (Wildman–Crippen LogP) is 6.31. The monoisotopic (exact) mass is 308 g/mol. The number of nitrogens with zero attached hydrogens (tertiary/aromatic N) is 2. The molecule has 2 heteroatoms. The quantitative estimate of drug-likeness (QED) is 0.331. The molecule has 0 fully saturated rings. The summed E-state index contributed by atoms with van der Waals surface area (Å²) in [4.78, 5) is 2.41. The Bertz CT molecular complexity index is 262. The highest BCUT2D eigenvalue weighted by atomic mass is 15.2. The van der Waals surface area contributed by atoms with E-state index in [1.165, 1.54) is 77.0 Å². The molecule has 0 aromatic carbocycles. The SMILES string of the molecule is CCCCCCCCN(CCCCCCCC)C(C)(C)C#N. The van der Waals surface area contributed by atoms with Crippen LogP contribution in [0.5, 0.6) is 0 Å². The highest BCUT2D eigenvalue weighted by Gasteiger charge is 2.25. The van der Waals surface area contributed by atoms with Crippen LogP contribution in [0.15, 0.2) is 0 Å². The molecule has 0 aliphatic heterocycles. The first-order chi connectivity index (χ1) is 10.6. The molecule has 0 amide bonds. The number of unbranched alkanes of at least 4 members (excludes halogenated alkanes) is 10. The fourth-order valence-corrected chi connectivity index (χ4v) is 2.91. The van der Waals surface area contributed by atoms with Gasteiger partial charge in [0.15, 0.2) is 0 Å². The maximum Gasteiger partial charge on any atom is 0.103 e. The molecule has 0 bridgehead atoms. The molecule has 2 nitrogen and oxygen atoms in total. The zero-order chi connectivity index (χ0) is 16.7. The summed E-state index contributed by atoms with van der Waals surface area (Å²) in [5.41, 5.74) is -0.313. The highest BCUT2D eigenvalue weighted by molar-refractivity contribution is 5.01. The lowest BCUT2D eigenvalue weighted by atomic mass is 10.0. The van der Waals surface area contributed by atoms with Crippen LogP contribution in [0.25, 0.3) is 0 Å². The number of hydrogen-bond donors (Lipinski definition) is 0. The summed E-state index contributed by atoms with van der Waals surface area (Å²) in [6.07, 6.45) is 15.9. The van der Waals surface area contributed by atoms with Crippen molar-refractivity contribution in [3.05, 3.63) is 0 Å². The average Bonchev–Trinajstić information content (AvgIpc) is 2.51. The van der Waals surface area contributed by atoms with Crippen LogP contribution < -0.4 is 0 Å². The van der Waals surface area contributed by atoms with Crippen LogP contribution in [0.1, 0.15) is 105 Å². The fraction of sp³-hybridized carbons (Fsp3) is 0.950. The molecule has 0 radical (unpaired) electrons. The molecular formula is C20H40N2. The molecule has 0 aliphatic carbocycles. The van der Waals surface area contributed by atoms with Gasteiger partial charge >= 0.3 is 0 Å². The van der Waals surface area contributed by atoms with Crippen molar-refractivity contribution < 1.29 is 0 Å². The van der Waals surface area contributed by atoms with Crippen LogP contribution in [0.4, 0.5) is 0 Å². The summed E-state index contributed by atoms with van der Waals surface area (Å²) in [6, 6.07) is 2.49. The summed E-state index contributed by atoms with van der Waals surface area (Å²) < 4.78 is 0. The van der Waals surface area contributed by atoms with Crippen LogP contribution in [-0.2, 0) is 0 Å². The molecule has 0 aliphatic rings. The highest BCUT2D eigenvalue weighted by Crippen LogP contribution is 2.17. The second kappa shape index (κ2) is 14.1. The molecule has 0 atom stereocenters. The minimum atomic E-state index is -0.313. The molecular weight excluding hydrogens is 268 g/mol. The van der Waals surface area contributed by atoms with Crippen molar-refractivity contribution in [2.24, 2.45) is 0 Å². The van der Waals surface area contributed by atoms with Gasteiger partial charge in [0.1, 0.15) is 5.54 Å². The normalized spacial score (nSPS) is 11.8. The first kappa shape index (κ1) is 21.4. The van der Waals surface area contributed by atoms with E-state index in [0.29, 0.717) is 0 Å². The number of hydrogen-bond acceptors (Lipinski definition) is 2. The minimum absolute atomic E-state index is 0.313. The third-order valence-corrected chi connectivity index (χ3v) is 4.63. The number of nitriles is 1. The third-order valence-electron chi connectivity index (χ3n) is 4.63. The van der Waals surface area contributed by atoms with Crippen LogP contribution in [0.3, 0.4) is 0 Å². The molecule has 0 N–H and O–H groups in total. The summed E-state index contributed by atoms with van der Waals surface area (Å²) in [7, 11) is 0. The van der Waals surface area contributed by atoms with E-state index in [2.05, 4.69) is 38.7 Å². The van der Waals surface area contributed by atoms with Crippen LogP contribution >= 0.6 is 0 Å². The van der Waals surface area contributed by atoms with Crippen molar-refractivity contribution in [3.8, 4) is 6.07 Å². The van der Waals surface area contributed by atoms with Gasteiger partial charge in [0.2, 0.25) is 0 Å². The van der Waals surface area contributed by atoms with Gasteiger partial charge < -0.3 is 0 Å². The van der Waals surface area contributed by atoms with Crippen molar-refractivity contribution in [3.63, 3.8) is 0 Å². The van der Waals surface area contributed by atoms with Gasteiger partial charge in [-0.2, -0.15) is 5.26 Å². The zero-order valence-corrected chi connectivity index (χ0v) is 15.8. The molecule has 0 saturated heterocycles. The van der Waals surface area contributed by atoms with E-state index in [9.17, 15) is 5.26 Å². The Morgan fingerprint density at radius 1 is 0.682 bits per heavy atom. The Morgan fingerprint density at radius 2 is 1.05 bits per heavy atom. The minimum Gasteiger partial charge on any atom is -0.286 e. The molecule has 22 heavy (non-hydrogen) atoms. The largest absolute Gasteiger partial charge is 0.286 e. The Kier molecular flexibility index (Phi) is 13.7. The lowest BCUT2D eigenvalue weighted by Gasteiger charge is -2.33. The average molecular weight is 309 g/mol. The van der Waals surface area contributed by atoms with Gasteiger partial charge in [-0.25, -0.2) is 0 Å². The fourth-order valence-electron chi connectivity index (χ4n) is 2.91. The smallest absolute Gasteiger partial charge is 0.103 e. The van der Waals surface area contributed by atoms with E-state index in [1.54, 1.807) is 0 Å². The standard InChI is InChI=1S/C20H40N2/c1-5-7-9-11-13-15-17-22(20(3,4)19-21)18-16-14-12-10-8-6-2/h5-18H2,1-4H3. The molecule has 0 saturated carbocycles. The summed E-state index contributed by atoms with van der Waals surface area (Å²) in [6.45, 7) is 10.8. The molecule has 0 heterocycles. The number of rotatable bonds is 15. The van der Waals surface area contributed by atoms with Gasteiger partial charge in [0.05, 0.1) is 6.07 Å². The van der Waals surface area contributed by atoms with Crippen molar-refractivity contribution in [2.45, 2.75) is 110 Å². The lowest BCUT2D eigenvalue weighted by Crippen LogP contribution is -2.43. The Balaban J connectivity index is 3.94. The second-order valence-corrected chi connectivity index (χ2v) is 7.19. The van der Waals surface area contributed by atoms with Gasteiger partial charge in [-0.15, -0.1) is 0 Å². The summed E-state index contributed by atoms with van der Waals surface area (Å²) in [5.74, 6) is 0. The zero-order valence-electron chi connectivity index (χ0n) is 15.8. The van der Waals surface area contributed by atoms with E-state index in [0.717, 1.165) is 13.1 Å². The van der Waals surface area contributed by atoms with Crippen molar-refractivity contribution in [1.29, 1.82) is 5.26 Å². The van der Waals surface area contributed by atoms with Gasteiger partial charge in [-0.05, 0) is 39.8 Å². The Labute approximate surface area is 140 Å². The van der Waals surface area contributed by atoms with Gasteiger partial charge in [-0.3, -0.25) is 4.90 Å². The van der Waals surface area contributed by atoms with Gasteiger partial charge in [-0.1, -0.05) is 78.1 Å². The topological polar surface area (TPSA) is 27.0 Å². The molecule has 0 aromatic rings. The van der Waals surface area contributed by atoms with Crippen molar-refractivity contribution in [2.75, 3.05) is 13.1 Å². The first-order valence-electron chi connectivity index (χ1n) is 9.74. The van der Waals surface area contributed by atoms with Crippen molar-refractivity contribution in [1.82, 2.24) is 4.90 Å². The molecule has 0 unspecified atom stereocenters. The first-order valence-corrected chi connectivity index (χ1v) is 9.74. The van der Waals surface area contributed by atoms with Crippen LogP contribution in [0.2, 0.25) is 0 Å². The van der Waals surface area contributed by atoms with E-state index in [-0.39, 0.29) is 5.54 Å². The Hall–Kier alpha value is -0.550. The van der Waals surface area contributed by atoms with E-state index < -0.39 is 0 Å². The maximum atomic E-state index is 9.42. The van der Waals surface area contributed by atoms with Crippen LogP contribution in [-0.4, -0.2) is 23.5 Å². The maximum absolute atomic E-state index is 9.42. The Morgan fingerprint density at radius 3 is 1.41 bits per heavy atom.